The van der Waals surface area contributed by atoms with Gasteiger partial charge in [-0.1, -0.05) is 23.7 Å². The van der Waals surface area contributed by atoms with E-state index in [1.165, 1.54) is 16.3 Å². The second-order valence-electron chi connectivity index (χ2n) is 4.09. The van der Waals surface area contributed by atoms with E-state index in [1.54, 1.807) is 6.20 Å². The Morgan fingerprint density at radius 1 is 1.28 bits per heavy atom. The summed E-state index contributed by atoms with van der Waals surface area (Å²) in [5, 5.41) is 0.474. The quantitative estimate of drug-likeness (QED) is 0.860. The van der Waals surface area contributed by atoms with Gasteiger partial charge in [-0.25, -0.2) is 9.78 Å². The van der Waals surface area contributed by atoms with Gasteiger partial charge in [0.2, 0.25) is 0 Å². The molecular formula is C13H14ClN3O. The fraction of sp³-hybridized carbons (Fsp3) is 0.231. The number of aryl methyl sites for hydroxylation is 2. The van der Waals surface area contributed by atoms with E-state index in [0.717, 1.165) is 18.5 Å². The molecule has 1 aromatic heterocycles. The normalized spacial score (nSPS) is 10.5. The lowest BCUT2D eigenvalue weighted by molar-refractivity contribution is 0.607. The van der Waals surface area contributed by atoms with Crippen molar-refractivity contribution in [3.8, 4) is 0 Å². The van der Waals surface area contributed by atoms with Crippen LogP contribution >= 0.6 is 11.6 Å². The number of anilines is 1. The van der Waals surface area contributed by atoms with Crippen LogP contribution in [0.25, 0.3) is 0 Å². The molecule has 4 nitrogen and oxygen atoms in total. The predicted octanol–water partition coefficient (Wildman–Crippen LogP) is 2.11. The van der Waals surface area contributed by atoms with E-state index in [4.69, 9.17) is 17.3 Å². The lowest BCUT2D eigenvalue weighted by Crippen LogP contribution is -2.22. The molecule has 18 heavy (non-hydrogen) atoms. The van der Waals surface area contributed by atoms with E-state index in [9.17, 15) is 4.79 Å². The Bertz CT molecular complexity index is 578. The number of halogens is 1. The van der Waals surface area contributed by atoms with Gasteiger partial charge in [-0.3, -0.25) is 4.57 Å². The van der Waals surface area contributed by atoms with Crippen LogP contribution in [0, 0.1) is 0 Å². The maximum absolute atomic E-state index is 11.4. The second-order valence-corrected chi connectivity index (χ2v) is 4.53. The zero-order valence-corrected chi connectivity index (χ0v) is 10.6. The number of nitrogen functional groups attached to an aromatic ring is 1. The number of hydrogen-bond acceptors (Lipinski definition) is 3. The van der Waals surface area contributed by atoms with Crippen LogP contribution in [0.1, 0.15) is 12.0 Å². The third-order valence-corrected chi connectivity index (χ3v) is 2.86. The van der Waals surface area contributed by atoms with Crippen LogP contribution in [-0.2, 0) is 13.0 Å². The number of hydrogen-bond donors (Lipinski definition) is 1. The molecule has 1 aromatic carbocycles. The zero-order chi connectivity index (χ0) is 13.0. The molecule has 0 spiro atoms. The van der Waals surface area contributed by atoms with Gasteiger partial charge in [0, 0.05) is 18.4 Å². The SMILES string of the molecule is Nc1ccc(CCCn2cc(Cl)cnc2=O)cc1. The molecule has 0 radical (unpaired) electrons. The highest BCUT2D eigenvalue weighted by Gasteiger charge is 1.99. The molecule has 94 valence electrons. The van der Waals surface area contributed by atoms with Crippen molar-refractivity contribution in [3.63, 3.8) is 0 Å². The Morgan fingerprint density at radius 2 is 2.00 bits per heavy atom. The van der Waals surface area contributed by atoms with Crippen molar-refractivity contribution in [3.05, 3.63) is 57.7 Å². The predicted molar refractivity (Wildman–Crippen MR) is 72.7 cm³/mol. The summed E-state index contributed by atoms with van der Waals surface area (Å²) in [4.78, 5) is 15.1. The highest BCUT2D eigenvalue weighted by Crippen LogP contribution is 2.08. The van der Waals surface area contributed by atoms with Gasteiger partial charge in [0.05, 0.1) is 11.2 Å². The molecule has 0 saturated carbocycles. The summed E-state index contributed by atoms with van der Waals surface area (Å²) in [6.45, 7) is 0.608. The second kappa shape index (κ2) is 5.69. The summed E-state index contributed by atoms with van der Waals surface area (Å²) >= 11 is 5.79. The highest BCUT2D eigenvalue weighted by molar-refractivity contribution is 6.30. The molecule has 0 fully saturated rings. The monoisotopic (exact) mass is 263 g/mol. The summed E-state index contributed by atoms with van der Waals surface area (Å²) in [5.74, 6) is 0. The number of nitrogens with zero attached hydrogens (tertiary/aromatic N) is 2. The van der Waals surface area contributed by atoms with Crippen molar-refractivity contribution in [2.75, 3.05) is 5.73 Å². The van der Waals surface area contributed by atoms with E-state index in [2.05, 4.69) is 4.98 Å². The lowest BCUT2D eigenvalue weighted by atomic mass is 10.1. The molecule has 0 aliphatic heterocycles. The van der Waals surface area contributed by atoms with Crippen LogP contribution < -0.4 is 11.4 Å². The van der Waals surface area contributed by atoms with Crippen molar-refractivity contribution in [2.24, 2.45) is 0 Å². The number of aromatic nitrogens is 2. The minimum atomic E-state index is -0.267. The first-order chi connectivity index (χ1) is 8.65. The molecule has 0 aliphatic rings. The average molecular weight is 264 g/mol. The minimum absolute atomic E-state index is 0.267. The summed E-state index contributed by atoms with van der Waals surface area (Å²) in [5.41, 5.74) is 7.31. The third kappa shape index (κ3) is 3.34. The van der Waals surface area contributed by atoms with Gasteiger partial charge in [-0.15, -0.1) is 0 Å². The minimum Gasteiger partial charge on any atom is -0.399 e. The fourth-order valence-electron chi connectivity index (χ4n) is 1.73. The molecule has 0 atom stereocenters. The molecule has 0 saturated heterocycles. The molecule has 2 aromatic rings. The molecule has 2 N–H and O–H groups in total. The van der Waals surface area contributed by atoms with Gasteiger partial charge in [0.1, 0.15) is 0 Å². The Balaban J connectivity index is 1.94. The summed E-state index contributed by atoms with van der Waals surface area (Å²) in [6, 6.07) is 7.74. The number of rotatable bonds is 4. The summed E-state index contributed by atoms with van der Waals surface area (Å²) < 4.78 is 1.53. The largest absolute Gasteiger partial charge is 0.399 e. The van der Waals surface area contributed by atoms with Crippen LogP contribution in [0.3, 0.4) is 0 Å². The van der Waals surface area contributed by atoms with Gasteiger partial charge in [0.25, 0.3) is 0 Å². The average Bonchev–Trinajstić information content (AvgIpc) is 2.36. The Kier molecular flexibility index (Phi) is 3.99. The first-order valence-corrected chi connectivity index (χ1v) is 6.09. The van der Waals surface area contributed by atoms with Crippen LogP contribution in [0.2, 0.25) is 5.02 Å². The highest BCUT2D eigenvalue weighted by atomic mass is 35.5. The van der Waals surface area contributed by atoms with E-state index < -0.39 is 0 Å². The van der Waals surface area contributed by atoms with Gasteiger partial charge in [-0.2, -0.15) is 0 Å². The van der Waals surface area contributed by atoms with E-state index in [-0.39, 0.29) is 5.69 Å². The van der Waals surface area contributed by atoms with Crippen LogP contribution in [-0.4, -0.2) is 9.55 Å². The van der Waals surface area contributed by atoms with Crippen molar-refractivity contribution in [1.29, 1.82) is 0 Å². The van der Waals surface area contributed by atoms with Crippen molar-refractivity contribution in [1.82, 2.24) is 9.55 Å². The molecular weight excluding hydrogens is 250 g/mol. The molecule has 0 bridgehead atoms. The van der Waals surface area contributed by atoms with Gasteiger partial charge < -0.3 is 5.73 Å². The van der Waals surface area contributed by atoms with Crippen LogP contribution in [0.5, 0.6) is 0 Å². The molecule has 0 aliphatic carbocycles. The van der Waals surface area contributed by atoms with Crippen LogP contribution in [0.4, 0.5) is 5.69 Å². The van der Waals surface area contributed by atoms with Crippen LogP contribution in [0.15, 0.2) is 41.5 Å². The number of benzene rings is 1. The Labute approximate surface area is 110 Å². The standard InChI is InChI=1S/C13H14ClN3O/c14-11-8-16-13(18)17(9-11)7-1-2-10-3-5-12(15)6-4-10/h3-6,8-9H,1-2,7,15H2. The maximum atomic E-state index is 11.4. The topological polar surface area (TPSA) is 60.9 Å². The molecule has 2 rings (SSSR count). The van der Waals surface area contributed by atoms with E-state index in [0.29, 0.717) is 11.6 Å². The van der Waals surface area contributed by atoms with Gasteiger partial charge in [0.15, 0.2) is 0 Å². The van der Waals surface area contributed by atoms with Gasteiger partial charge in [-0.05, 0) is 30.5 Å². The van der Waals surface area contributed by atoms with Crippen molar-refractivity contribution >= 4 is 17.3 Å². The Hall–Kier alpha value is -1.81. The zero-order valence-electron chi connectivity index (χ0n) is 9.84. The van der Waals surface area contributed by atoms with Crippen molar-refractivity contribution in [2.45, 2.75) is 19.4 Å². The summed E-state index contributed by atoms with van der Waals surface area (Å²) in [7, 11) is 0. The van der Waals surface area contributed by atoms with E-state index >= 15 is 0 Å². The van der Waals surface area contributed by atoms with E-state index in [1.807, 2.05) is 24.3 Å². The molecule has 0 amide bonds. The fourth-order valence-corrected chi connectivity index (χ4v) is 1.89. The molecule has 1 heterocycles. The number of nitrogens with two attached hydrogens (primary N) is 1. The first kappa shape index (κ1) is 12.6. The smallest absolute Gasteiger partial charge is 0.347 e. The lowest BCUT2D eigenvalue weighted by Gasteiger charge is -2.05. The van der Waals surface area contributed by atoms with Gasteiger partial charge >= 0.3 is 5.69 Å². The van der Waals surface area contributed by atoms with Crippen molar-refractivity contribution < 1.29 is 0 Å². The first-order valence-electron chi connectivity index (χ1n) is 5.71. The Morgan fingerprint density at radius 3 is 2.72 bits per heavy atom. The maximum Gasteiger partial charge on any atom is 0.347 e. The summed E-state index contributed by atoms with van der Waals surface area (Å²) in [6.07, 6.45) is 4.71. The molecule has 0 unspecified atom stereocenters. The molecule has 5 heteroatoms. The third-order valence-electron chi connectivity index (χ3n) is 2.67.